The molecule has 0 aliphatic carbocycles. The van der Waals surface area contributed by atoms with Crippen LogP contribution in [-0.2, 0) is 9.47 Å². The fraction of sp³-hybridized carbons (Fsp3) is 1.00. The maximum atomic E-state index is 9.27. The minimum atomic E-state index is -0.843. The van der Waals surface area contributed by atoms with Gasteiger partial charge in [-0.1, -0.05) is 0 Å². The molecule has 0 aromatic heterocycles. The van der Waals surface area contributed by atoms with E-state index in [4.69, 9.17) is 20.3 Å². The summed E-state index contributed by atoms with van der Waals surface area (Å²) in [4.78, 5) is 0. The first-order valence-corrected chi connectivity index (χ1v) is 3.43. The van der Waals surface area contributed by atoms with E-state index in [1.165, 1.54) is 7.11 Å². The Bertz CT molecular complexity index is 114. The number of hydrogen-bond acceptors (Lipinski definition) is 5. The second-order valence-electron chi connectivity index (χ2n) is 2.53. The van der Waals surface area contributed by atoms with Gasteiger partial charge in [0.2, 0.25) is 0 Å². The van der Waals surface area contributed by atoms with E-state index in [1.54, 1.807) is 0 Å². The van der Waals surface area contributed by atoms with Crippen molar-refractivity contribution in [2.75, 3.05) is 13.7 Å². The van der Waals surface area contributed by atoms with Gasteiger partial charge in [-0.25, -0.2) is 0 Å². The van der Waals surface area contributed by atoms with E-state index in [1.807, 2.05) is 0 Å². The van der Waals surface area contributed by atoms with E-state index in [0.717, 1.165) is 0 Å². The average molecular weight is 163 g/mol. The minimum Gasteiger partial charge on any atom is -0.394 e. The highest BCUT2D eigenvalue weighted by atomic mass is 16.7. The number of aliphatic hydroxyl groups is 2. The molecule has 5 heteroatoms. The fourth-order valence-corrected chi connectivity index (χ4v) is 1.12. The Kier molecular flexibility index (Phi) is 2.80. The van der Waals surface area contributed by atoms with Gasteiger partial charge in [0.1, 0.15) is 12.2 Å². The lowest BCUT2D eigenvalue weighted by molar-refractivity contribution is -0.130. The van der Waals surface area contributed by atoms with Crippen LogP contribution in [0.25, 0.3) is 0 Å². The van der Waals surface area contributed by atoms with Crippen molar-refractivity contribution in [2.24, 2.45) is 5.73 Å². The summed E-state index contributed by atoms with van der Waals surface area (Å²) >= 11 is 0. The molecule has 1 heterocycles. The molecule has 66 valence electrons. The second kappa shape index (κ2) is 3.46. The molecule has 0 amide bonds. The van der Waals surface area contributed by atoms with E-state index < -0.39 is 24.5 Å². The van der Waals surface area contributed by atoms with Crippen molar-refractivity contribution in [1.82, 2.24) is 0 Å². The Hall–Kier alpha value is -0.200. The number of nitrogens with two attached hydrogens (primary N) is 1. The molecule has 1 aliphatic heterocycles. The van der Waals surface area contributed by atoms with Crippen molar-refractivity contribution in [3.05, 3.63) is 0 Å². The second-order valence-corrected chi connectivity index (χ2v) is 2.53. The molecule has 0 aromatic rings. The van der Waals surface area contributed by atoms with E-state index >= 15 is 0 Å². The highest BCUT2D eigenvalue weighted by Crippen LogP contribution is 2.19. The van der Waals surface area contributed by atoms with Crippen molar-refractivity contribution < 1.29 is 19.7 Å². The third-order valence-electron chi connectivity index (χ3n) is 1.81. The summed E-state index contributed by atoms with van der Waals surface area (Å²) in [6.45, 7) is -0.241. The predicted octanol–water partition coefficient (Wildman–Crippen LogP) is -1.96. The van der Waals surface area contributed by atoms with Crippen LogP contribution in [0.1, 0.15) is 0 Å². The summed E-state index contributed by atoms with van der Waals surface area (Å²) < 4.78 is 9.84. The number of methoxy groups -OCH3 is 1. The molecule has 5 nitrogen and oxygen atoms in total. The van der Waals surface area contributed by atoms with E-state index in [-0.39, 0.29) is 6.61 Å². The van der Waals surface area contributed by atoms with Crippen LogP contribution in [0.15, 0.2) is 0 Å². The molecule has 1 rings (SSSR count). The number of hydrogen-bond donors (Lipinski definition) is 3. The summed E-state index contributed by atoms with van der Waals surface area (Å²) in [5, 5.41) is 17.9. The van der Waals surface area contributed by atoms with Gasteiger partial charge < -0.3 is 25.4 Å². The minimum absolute atomic E-state index is 0.241. The van der Waals surface area contributed by atoms with E-state index in [9.17, 15) is 5.11 Å². The van der Waals surface area contributed by atoms with Crippen molar-refractivity contribution in [2.45, 2.75) is 24.5 Å². The van der Waals surface area contributed by atoms with Gasteiger partial charge in [-0.05, 0) is 0 Å². The Morgan fingerprint density at radius 1 is 1.64 bits per heavy atom. The van der Waals surface area contributed by atoms with Gasteiger partial charge in [-0.15, -0.1) is 0 Å². The summed E-state index contributed by atoms with van der Waals surface area (Å²) in [6, 6.07) is -0.572. The number of ether oxygens (including phenoxy) is 2. The molecule has 0 bridgehead atoms. The van der Waals surface area contributed by atoms with Crippen LogP contribution in [0.4, 0.5) is 0 Å². The lowest BCUT2D eigenvalue weighted by Gasteiger charge is -2.12. The van der Waals surface area contributed by atoms with Gasteiger partial charge in [0.15, 0.2) is 6.29 Å². The van der Waals surface area contributed by atoms with Crippen molar-refractivity contribution in [3.63, 3.8) is 0 Å². The Labute approximate surface area is 64.7 Å². The number of aliphatic hydroxyl groups excluding tert-OH is 2. The summed E-state index contributed by atoms with van der Waals surface area (Å²) in [6.07, 6.45) is -2.07. The summed E-state index contributed by atoms with van der Waals surface area (Å²) in [7, 11) is 1.44. The number of rotatable bonds is 2. The molecule has 1 fully saturated rings. The van der Waals surface area contributed by atoms with E-state index in [2.05, 4.69) is 0 Å². The molecular weight excluding hydrogens is 150 g/mol. The monoisotopic (exact) mass is 163 g/mol. The largest absolute Gasteiger partial charge is 0.394 e. The van der Waals surface area contributed by atoms with Crippen LogP contribution >= 0.6 is 0 Å². The average Bonchev–Trinajstić information content (AvgIpc) is 2.30. The van der Waals surface area contributed by atoms with Crippen LogP contribution in [-0.4, -0.2) is 48.5 Å². The van der Waals surface area contributed by atoms with Crippen LogP contribution in [0.2, 0.25) is 0 Å². The molecule has 0 saturated carbocycles. The van der Waals surface area contributed by atoms with Crippen molar-refractivity contribution in [1.29, 1.82) is 0 Å². The highest BCUT2D eigenvalue weighted by molar-refractivity contribution is 4.88. The fourth-order valence-electron chi connectivity index (χ4n) is 1.12. The molecule has 0 unspecified atom stereocenters. The molecule has 0 aromatic carbocycles. The molecule has 1 saturated heterocycles. The molecule has 11 heavy (non-hydrogen) atoms. The van der Waals surface area contributed by atoms with Gasteiger partial charge in [0, 0.05) is 7.11 Å². The van der Waals surface area contributed by atoms with Gasteiger partial charge in [0.25, 0.3) is 0 Å². The quantitative estimate of drug-likeness (QED) is 0.440. The Morgan fingerprint density at radius 3 is 2.55 bits per heavy atom. The molecule has 4 atom stereocenters. The van der Waals surface area contributed by atoms with Crippen LogP contribution in [0.5, 0.6) is 0 Å². The molecule has 0 spiro atoms. The molecule has 1 aliphatic rings. The first-order chi connectivity index (χ1) is 5.20. The zero-order chi connectivity index (χ0) is 8.43. The third kappa shape index (κ3) is 1.52. The smallest absolute Gasteiger partial charge is 0.175 e. The Morgan fingerprint density at radius 2 is 2.27 bits per heavy atom. The molecular formula is C6H13NO4. The van der Waals surface area contributed by atoms with Gasteiger partial charge >= 0.3 is 0 Å². The van der Waals surface area contributed by atoms with Crippen LogP contribution < -0.4 is 5.73 Å². The lowest BCUT2D eigenvalue weighted by Crippen LogP contribution is -2.41. The lowest BCUT2D eigenvalue weighted by atomic mass is 10.1. The van der Waals surface area contributed by atoms with Crippen LogP contribution in [0.3, 0.4) is 0 Å². The zero-order valence-corrected chi connectivity index (χ0v) is 6.30. The standard InChI is InChI=1S/C6H13NO4/c1-10-6-4(7)5(9)3(2-8)11-6/h3-6,8-9H,2,7H2,1H3/t3-,4-,5+,6+/m1/s1. The van der Waals surface area contributed by atoms with E-state index in [0.29, 0.717) is 0 Å². The third-order valence-corrected chi connectivity index (χ3v) is 1.81. The maximum absolute atomic E-state index is 9.27. The van der Waals surface area contributed by atoms with Gasteiger partial charge in [0.05, 0.1) is 12.6 Å². The summed E-state index contributed by atoms with van der Waals surface area (Å²) in [5.41, 5.74) is 5.49. The highest BCUT2D eigenvalue weighted by Gasteiger charge is 2.41. The summed E-state index contributed by atoms with van der Waals surface area (Å²) in [5.74, 6) is 0. The zero-order valence-electron chi connectivity index (χ0n) is 6.30. The SMILES string of the molecule is CO[C@H]1O[C@H](CO)[C@H](O)[C@H]1N. The maximum Gasteiger partial charge on any atom is 0.175 e. The van der Waals surface area contributed by atoms with Gasteiger partial charge in [-0.2, -0.15) is 0 Å². The van der Waals surface area contributed by atoms with Crippen LogP contribution in [0, 0.1) is 0 Å². The first kappa shape index (κ1) is 8.89. The molecule has 4 N–H and O–H groups in total. The molecule has 0 radical (unpaired) electrons. The Balaban J connectivity index is 2.53. The van der Waals surface area contributed by atoms with Crippen molar-refractivity contribution >= 4 is 0 Å². The van der Waals surface area contributed by atoms with Crippen molar-refractivity contribution in [3.8, 4) is 0 Å². The predicted molar refractivity (Wildman–Crippen MR) is 36.7 cm³/mol. The normalized spacial score (nSPS) is 44.7. The van der Waals surface area contributed by atoms with Gasteiger partial charge in [-0.3, -0.25) is 0 Å². The first-order valence-electron chi connectivity index (χ1n) is 3.43. The topological polar surface area (TPSA) is 84.9 Å².